The molecule has 0 bridgehead atoms. The van der Waals surface area contributed by atoms with E-state index in [1.165, 1.54) is 11.6 Å². The quantitative estimate of drug-likeness (QED) is 0.427. The topological polar surface area (TPSA) is 102 Å². The van der Waals surface area contributed by atoms with Crippen molar-refractivity contribution in [3.8, 4) is 0 Å². The number of benzene rings is 2. The van der Waals surface area contributed by atoms with Crippen LogP contribution in [-0.4, -0.2) is 54.0 Å². The van der Waals surface area contributed by atoms with E-state index >= 15 is 0 Å². The summed E-state index contributed by atoms with van der Waals surface area (Å²) in [4.78, 5) is 40.6. The van der Waals surface area contributed by atoms with E-state index in [0.29, 0.717) is 39.0 Å². The van der Waals surface area contributed by atoms with Crippen molar-refractivity contribution < 1.29 is 23.5 Å². The number of piperidine rings is 1. The van der Waals surface area contributed by atoms with E-state index < -0.39 is 11.6 Å². The van der Waals surface area contributed by atoms with Gasteiger partial charge in [-0.1, -0.05) is 36.4 Å². The maximum atomic E-state index is 14.4. The largest absolute Gasteiger partial charge is 0.466 e. The van der Waals surface area contributed by atoms with E-state index in [1.807, 2.05) is 23.1 Å². The molecule has 4 rings (SSSR count). The number of nitrogens with one attached hydrogen (secondary N) is 1. The zero-order valence-corrected chi connectivity index (χ0v) is 23.9. The maximum Gasteiger partial charge on any atom is 0.306 e. The van der Waals surface area contributed by atoms with Gasteiger partial charge in [0.1, 0.15) is 11.9 Å². The maximum absolute atomic E-state index is 14.4. The van der Waals surface area contributed by atoms with E-state index in [4.69, 9.17) is 10.5 Å². The fraction of sp³-hybridized carbons (Fsp3) is 0.531. The number of carbonyl (C=O) groups is 3. The molecule has 216 valence electrons. The van der Waals surface area contributed by atoms with Gasteiger partial charge >= 0.3 is 5.97 Å². The second kappa shape index (κ2) is 12.5. The third-order valence-corrected chi connectivity index (χ3v) is 8.40. The monoisotopic (exact) mass is 551 g/mol. The summed E-state index contributed by atoms with van der Waals surface area (Å²) in [6.07, 6.45) is 4.38. The van der Waals surface area contributed by atoms with Crippen LogP contribution in [0.15, 0.2) is 48.5 Å². The predicted octanol–water partition coefficient (Wildman–Crippen LogP) is 4.37. The minimum absolute atomic E-state index is 0.0336. The van der Waals surface area contributed by atoms with E-state index in [2.05, 4.69) is 17.4 Å². The number of rotatable bonds is 10. The number of esters is 1. The number of halogens is 1. The minimum atomic E-state index is -1.10. The van der Waals surface area contributed by atoms with Gasteiger partial charge in [0.15, 0.2) is 0 Å². The number of nitrogens with zero attached hydrogens (tertiary/aromatic N) is 1. The Morgan fingerprint density at radius 2 is 1.85 bits per heavy atom. The van der Waals surface area contributed by atoms with Crippen LogP contribution in [0.25, 0.3) is 0 Å². The van der Waals surface area contributed by atoms with Crippen molar-refractivity contribution in [3.63, 3.8) is 0 Å². The van der Waals surface area contributed by atoms with Gasteiger partial charge in [0.05, 0.1) is 18.6 Å². The number of ether oxygens (including phenoxy) is 1. The smallest absolute Gasteiger partial charge is 0.306 e. The van der Waals surface area contributed by atoms with Gasteiger partial charge in [-0.3, -0.25) is 14.4 Å². The Bertz CT molecular complexity index is 1200. The van der Waals surface area contributed by atoms with Crippen LogP contribution in [0.2, 0.25) is 0 Å². The standard InChI is InChI=1S/C32H42FN3O4/c1-4-40-28(37)19-23-21-32(26-20-24(33)13-14-25(23)26)15-17-36(18-16-32)29(38)27(35-30(39)31(2,3)34)12-8-11-22-9-6-5-7-10-22/h5-7,9-10,13-14,20,23,27H,4,8,11-12,15-19,21,34H2,1-3H3,(H,35,39)/t23?,27-/m1/s1. The molecule has 0 saturated carbocycles. The first-order valence-corrected chi connectivity index (χ1v) is 14.4. The Morgan fingerprint density at radius 1 is 1.15 bits per heavy atom. The van der Waals surface area contributed by atoms with Crippen molar-refractivity contribution in [2.75, 3.05) is 19.7 Å². The van der Waals surface area contributed by atoms with Gasteiger partial charge in [-0.05, 0) is 99.5 Å². The first kappa shape index (κ1) is 29.7. The normalized spacial score (nSPS) is 18.7. The summed E-state index contributed by atoms with van der Waals surface area (Å²) in [6, 6.07) is 14.3. The Labute approximate surface area is 236 Å². The third kappa shape index (κ3) is 6.89. The Morgan fingerprint density at radius 3 is 2.50 bits per heavy atom. The number of hydrogen-bond donors (Lipinski definition) is 2. The summed E-state index contributed by atoms with van der Waals surface area (Å²) in [5, 5.41) is 2.91. The molecule has 2 aliphatic rings. The van der Waals surface area contributed by atoms with Crippen LogP contribution in [0.4, 0.5) is 4.39 Å². The third-order valence-electron chi connectivity index (χ3n) is 8.40. The SMILES string of the molecule is CCOC(=O)CC1CC2(CCN(C(=O)[C@@H](CCCc3ccccc3)NC(=O)C(C)(C)N)CC2)c2cc(F)ccc21. The van der Waals surface area contributed by atoms with Gasteiger partial charge in [0.2, 0.25) is 11.8 Å². The number of fused-ring (bicyclic) bond motifs is 2. The van der Waals surface area contributed by atoms with Gasteiger partial charge in [-0.25, -0.2) is 4.39 Å². The fourth-order valence-electron chi connectivity index (χ4n) is 6.24. The van der Waals surface area contributed by atoms with Crippen molar-refractivity contribution >= 4 is 17.8 Å². The molecule has 2 amide bonds. The molecule has 3 N–H and O–H groups in total. The first-order valence-electron chi connectivity index (χ1n) is 14.4. The summed E-state index contributed by atoms with van der Waals surface area (Å²) in [7, 11) is 0. The predicted molar refractivity (Wildman–Crippen MR) is 152 cm³/mol. The molecule has 1 unspecified atom stereocenters. The summed E-state index contributed by atoms with van der Waals surface area (Å²) in [5.41, 5.74) is 7.77. The van der Waals surface area contributed by atoms with Gasteiger partial charge in [-0.2, -0.15) is 0 Å². The average molecular weight is 552 g/mol. The molecule has 0 aromatic heterocycles. The minimum Gasteiger partial charge on any atom is -0.466 e. The van der Waals surface area contributed by atoms with Crippen LogP contribution >= 0.6 is 0 Å². The second-order valence-electron chi connectivity index (χ2n) is 11.9. The summed E-state index contributed by atoms with van der Waals surface area (Å²) < 4.78 is 19.6. The Hall–Kier alpha value is -3.26. The van der Waals surface area contributed by atoms with Gasteiger partial charge in [0.25, 0.3) is 0 Å². The molecule has 8 heteroatoms. The lowest BCUT2D eigenvalue weighted by molar-refractivity contribution is -0.143. The number of hydrogen-bond acceptors (Lipinski definition) is 5. The number of amides is 2. The van der Waals surface area contributed by atoms with Crippen molar-refractivity contribution in [2.24, 2.45) is 5.73 Å². The highest BCUT2D eigenvalue weighted by Crippen LogP contribution is 2.53. The molecule has 1 saturated heterocycles. The molecule has 1 aliphatic heterocycles. The van der Waals surface area contributed by atoms with E-state index in [-0.39, 0.29) is 41.4 Å². The Kier molecular flexibility index (Phi) is 9.29. The van der Waals surface area contributed by atoms with Crippen LogP contribution < -0.4 is 11.1 Å². The molecule has 7 nitrogen and oxygen atoms in total. The molecule has 0 radical (unpaired) electrons. The van der Waals surface area contributed by atoms with Crippen molar-refractivity contribution in [1.29, 1.82) is 0 Å². The lowest BCUT2D eigenvalue weighted by Crippen LogP contribution is -2.57. The zero-order valence-electron chi connectivity index (χ0n) is 23.9. The average Bonchev–Trinajstić information content (AvgIpc) is 3.19. The number of aryl methyl sites for hydroxylation is 1. The summed E-state index contributed by atoms with van der Waals surface area (Å²) >= 11 is 0. The molecule has 1 heterocycles. The van der Waals surface area contributed by atoms with Crippen LogP contribution in [-0.2, 0) is 31.0 Å². The molecule has 1 spiro atoms. The molecule has 1 fully saturated rings. The van der Waals surface area contributed by atoms with Crippen molar-refractivity contribution in [2.45, 2.75) is 88.6 Å². The van der Waals surface area contributed by atoms with Crippen LogP contribution in [0, 0.1) is 5.82 Å². The highest BCUT2D eigenvalue weighted by Gasteiger charge is 2.47. The van der Waals surface area contributed by atoms with Crippen LogP contribution in [0.5, 0.6) is 0 Å². The number of nitrogens with two attached hydrogens (primary N) is 1. The van der Waals surface area contributed by atoms with Gasteiger partial charge in [-0.15, -0.1) is 0 Å². The molecule has 1 aliphatic carbocycles. The van der Waals surface area contributed by atoms with Gasteiger partial charge in [0, 0.05) is 13.1 Å². The second-order valence-corrected chi connectivity index (χ2v) is 11.9. The molecule has 2 aromatic rings. The lowest BCUT2D eigenvalue weighted by atomic mass is 9.73. The van der Waals surface area contributed by atoms with E-state index in [1.54, 1.807) is 32.9 Å². The molecule has 2 aromatic carbocycles. The first-order chi connectivity index (χ1) is 19.0. The number of carbonyl (C=O) groups excluding carboxylic acids is 3. The van der Waals surface area contributed by atoms with Crippen LogP contribution in [0.3, 0.4) is 0 Å². The molecule has 2 atom stereocenters. The highest BCUT2D eigenvalue weighted by atomic mass is 19.1. The van der Waals surface area contributed by atoms with E-state index in [9.17, 15) is 18.8 Å². The van der Waals surface area contributed by atoms with Crippen molar-refractivity contribution in [3.05, 3.63) is 71.0 Å². The highest BCUT2D eigenvalue weighted by molar-refractivity contribution is 5.91. The van der Waals surface area contributed by atoms with E-state index in [0.717, 1.165) is 30.4 Å². The number of likely N-dealkylation sites (tertiary alicyclic amines) is 1. The molecular formula is C32H42FN3O4. The fourth-order valence-corrected chi connectivity index (χ4v) is 6.24. The lowest BCUT2D eigenvalue weighted by Gasteiger charge is -2.41. The van der Waals surface area contributed by atoms with Crippen molar-refractivity contribution in [1.82, 2.24) is 10.2 Å². The summed E-state index contributed by atoms with van der Waals surface area (Å²) in [6.45, 7) is 6.37. The Balaban J connectivity index is 1.46. The van der Waals surface area contributed by atoms with Gasteiger partial charge < -0.3 is 20.7 Å². The molecular weight excluding hydrogens is 509 g/mol. The molecule has 40 heavy (non-hydrogen) atoms. The summed E-state index contributed by atoms with van der Waals surface area (Å²) in [5.74, 6) is -1.04. The zero-order chi connectivity index (χ0) is 28.9. The van der Waals surface area contributed by atoms with Crippen LogP contribution in [0.1, 0.15) is 81.9 Å².